The van der Waals surface area contributed by atoms with E-state index in [-0.39, 0.29) is 0 Å². The Morgan fingerprint density at radius 2 is 1.53 bits per heavy atom. The summed E-state index contributed by atoms with van der Waals surface area (Å²) >= 11 is 1.78. The molecule has 0 unspecified atom stereocenters. The van der Waals surface area contributed by atoms with Crippen LogP contribution in [-0.4, -0.2) is 4.98 Å². The zero-order valence-electron chi connectivity index (χ0n) is 11.7. The highest BCUT2D eigenvalue weighted by molar-refractivity contribution is 7.10. The minimum absolute atomic E-state index is 1.21. The van der Waals surface area contributed by atoms with Gasteiger partial charge in [-0.2, -0.15) is 0 Å². The first-order valence-electron chi connectivity index (χ1n) is 6.23. The third-order valence-electron chi connectivity index (χ3n) is 1.94. The van der Waals surface area contributed by atoms with E-state index in [4.69, 9.17) is 0 Å². The summed E-state index contributed by atoms with van der Waals surface area (Å²) in [5, 5.41) is 2.17. The maximum atomic E-state index is 4.17. The quantitative estimate of drug-likeness (QED) is 0.652. The van der Waals surface area contributed by atoms with Crippen molar-refractivity contribution in [3.63, 3.8) is 0 Å². The highest BCUT2D eigenvalue weighted by Crippen LogP contribution is 2.24. The van der Waals surface area contributed by atoms with Gasteiger partial charge in [0.15, 0.2) is 0 Å². The molecule has 0 radical (unpaired) electrons. The third-order valence-corrected chi connectivity index (χ3v) is 2.80. The van der Waals surface area contributed by atoms with E-state index in [1.807, 2.05) is 40.1 Å². The number of pyridine rings is 1. The van der Waals surface area contributed by atoms with Gasteiger partial charge in [0.05, 0.1) is 0 Å². The van der Waals surface area contributed by atoms with Gasteiger partial charge in [0.2, 0.25) is 0 Å². The smallest absolute Gasteiger partial charge is 0.0346 e. The Morgan fingerprint density at radius 1 is 0.882 bits per heavy atom. The Kier molecular flexibility index (Phi) is 8.34. The molecule has 0 saturated heterocycles. The van der Waals surface area contributed by atoms with E-state index in [2.05, 4.69) is 36.3 Å². The summed E-state index contributed by atoms with van der Waals surface area (Å²) < 4.78 is 0. The van der Waals surface area contributed by atoms with Crippen molar-refractivity contribution in [2.45, 2.75) is 41.5 Å². The molecule has 0 fully saturated rings. The fraction of sp³-hybridized carbons (Fsp3) is 0.400. The summed E-state index contributed by atoms with van der Waals surface area (Å²) in [6.07, 6.45) is 3.79. The molecule has 1 nitrogen and oxygen atoms in total. The van der Waals surface area contributed by atoms with Gasteiger partial charge in [-0.3, -0.25) is 4.98 Å². The Morgan fingerprint density at radius 3 is 2.00 bits per heavy atom. The molecule has 0 aliphatic rings. The summed E-state index contributed by atoms with van der Waals surface area (Å²) in [5.74, 6) is 0. The van der Waals surface area contributed by atoms with Crippen molar-refractivity contribution in [3.8, 4) is 11.1 Å². The van der Waals surface area contributed by atoms with Crippen LogP contribution in [0.25, 0.3) is 11.1 Å². The molecule has 0 aromatic carbocycles. The van der Waals surface area contributed by atoms with Crippen molar-refractivity contribution >= 4 is 11.3 Å². The lowest BCUT2D eigenvalue weighted by Crippen LogP contribution is -1.79. The van der Waals surface area contributed by atoms with E-state index in [9.17, 15) is 0 Å². The predicted molar refractivity (Wildman–Crippen MR) is 79.7 cm³/mol. The average Bonchev–Trinajstić information content (AvgIpc) is 2.81. The molecule has 2 heterocycles. The summed E-state index contributed by atoms with van der Waals surface area (Å²) in [6.45, 7) is 12.2. The molecule has 0 N–H and O–H groups in total. The van der Waals surface area contributed by atoms with Crippen molar-refractivity contribution in [1.82, 2.24) is 4.98 Å². The van der Waals surface area contributed by atoms with E-state index >= 15 is 0 Å². The van der Waals surface area contributed by atoms with Gasteiger partial charge in [-0.15, -0.1) is 11.3 Å². The van der Waals surface area contributed by atoms with Crippen LogP contribution in [0.15, 0.2) is 29.9 Å². The Hall–Kier alpha value is -1.15. The first-order chi connectivity index (χ1) is 8.25. The Labute approximate surface area is 110 Å². The van der Waals surface area contributed by atoms with Gasteiger partial charge in [-0.1, -0.05) is 27.7 Å². The van der Waals surface area contributed by atoms with E-state index < -0.39 is 0 Å². The summed E-state index contributed by atoms with van der Waals surface area (Å²) in [4.78, 5) is 5.52. The second-order valence-corrected chi connectivity index (χ2v) is 4.31. The normalized spacial score (nSPS) is 8.59. The number of nitrogens with zero attached hydrogens (tertiary/aromatic N) is 1. The van der Waals surface area contributed by atoms with E-state index in [1.165, 1.54) is 21.6 Å². The predicted octanol–water partition coefficient (Wildman–Crippen LogP) is 5.48. The van der Waals surface area contributed by atoms with Crippen molar-refractivity contribution < 1.29 is 0 Å². The molecule has 94 valence electrons. The number of aryl methyl sites for hydroxylation is 2. The minimum atomic E-state index is 1.21. The van der Waals surface area contributed by atoms with Crippen LogP contribution in [0.4, 0.5) is 0 Å². The van der Waals surface area contributed by atoms with Crippen LogP contribution in [0.1, 0.15) is 38.1 Å². The average molecular weight is 249 g/mol. The maximum absolute atomic E-state index is 4.17. The Bertz CT molecular complexity index is 418. The van der Waals surface area contributed by atoms with Gasteiger partial charge in [0.25, 0.3) is 0 Å². The second-order valence-electron chi connectivity index (χ2n) is 3.20. The zero-order chi connectivity index (χ0) is 13.3. The molecule has 2 rings (SSSR count). The van der Waals surface area contributed by atoms with Gasteiger partial charge in [0.1, 0.15) is 0 Å². The summed E-state index contributed by atoms with van der Waals surface area (Å²) in [5.41, 5.74) is 3.70. The molecule has 0 amide bonds. The number of aromatic nitrogens is 1. The molecule has 0 aliphatic carbocycles. The van der Waals surface area contributed by atoms with E-state index in [0.717, 1.165) is 0 Å². The van der Waals surface area contributed by atoms with Crippen LogP contribution in [0.5, 0.6) is 0 Å². The molecule has 0 saturated carbocycles. The molecule has 0 aliphatic heterocycles. The van der Waals surface area contributed by atoms with Crippen LogP contribution in [0, 0.1) is 13.8 Å². The molecule has 0 atom stereocenters. The van der Waals surface area contributed by atoms with Gasteiger partial charge >= 0.3 is 0 Å². The fourth-order valence-electron chi connectivity index (χ4n) is 1.31. The maximum Gasteiger partial charge on any atom is 0.0346 e. The van der Waals surface area contributed by atoms with Crippen molar-refractivity contribution in [3.05, 3.63) is 40.3 Å². The van der Waals surface area contributed by atoms with Crippen LogP contribution in [0.2, 0.25) is 0 Å². The number of hydrogen-bond donors (Lipinski definition) is 0. The van der Waals surface area contributed by atoms with Crippen LogP contribution in [0.3, 0.4) is 0 Å². The van der Waals surface area contributed by atoms with Crippen LogP contribution < -0.4 is 0 Å². The lowest BCUT2D eigenvalue weighted by molar-refractivity contribution is 1.27. The summed E-state index contributed by atoms with van der Waals surface area (Å²) in [7, 11) is 0. The molecule has 2 aromatic heterocycles. The zero-order valence-corrected chi connectivity index (χ0v) is 12.6. The highest BCUT2D eigenvalue weighted by atomic mass is 32.1. The SMILES string of the molecule is CC.CC.Cc1cncc(-c2csc(C)c2)c1. The van der Waals surface area contributed by atoms with Gasteiger partial charge < -0.3 is 0 Å². The number of thiophene rings is 1. The van der Waals surface area contributed by atoms with E-state index in [1.54, 1.807) is 11.3 Å². The molecule has 0 spiro atoms. The molecular formula is C15H23NS. The molecule has 0 bridgehead atoms. The largest absolute Gasteiger partial charge is 0.264 e. The van der Waals surface area contributed by atoms with Crippen LogP contribution >= 0.6 is 11.3 Å². The van der Waals surface area contributed by atoms with E-state index in [0.29, 0.717) is 0 Å². The third kappa shape index (κ3) is 5.14. The lowest BCUT2D eigenvalue weighted by Gasteiger charge is -1.97. The molecular weight excluding hydrogens is 226 g/mol. The molecule has 2 aromatic rings. The van der Waals surface area contributed by atoms with Crippen LogP contribution in [-0.2, 0) is 0 Å². The van der Waals surface area contributed by atoms with Crippen molar-refractivity contribution in [1.29, 1.82) is 0 Å². The number of hydrogen-bond acceptors (Lipinski definition) is 2. The van der Waals surface area contributed by atoms with Gasteiger partial charge in [-0.05, 0) is 42.5 Å². The van der Waals surface area contributed by atoms with Gasteiger partial charge in [-0.25, -0.2) is 0 Å². The first kappa shape index (κ1) is 15.9. The lowest BCUT2D eigenvalue weighted by atomic mass is 10.1. The second kappa shape index (κ2) is 8.94. The highest BCUT2D eigenvalue weighted by Gasteiger charge is 1.99. The fourth-order valence-corrected chi connectivity index (χ4v) is 2.02. The number of rotatable bonds is 1. The first-order valence-corrected chi connectivity index (χ1v) is 7.11. The summed E-state index contributed by atoms with van der Waals surface area (Å²) in [6, 6.07) is 4.36. The van der Waals surface area contributed by atoms with Gasteiger partial charge in [0, 0.05) is 22.8 Å². The topological polar surface area (TPSA) is 12.9 Å². The van der Waals surface area contributed by atoms with Crippen molar-refractivity contribution in [2.75, 3.05) is 0 Å². The molecule has 17 heavy (non-hydrogen) atoms. The Balaban J connectivity index is 0.000000581. The monoisotopic (exact) mass is 249 g/mol. The minimum Gasteiger partial charge on any atom is -0.264 e. The standard InChI is InChI=1S/C11H11NS.2C2H6/c1-8-3-10(6-12-5-8)11-4-9(2)13-7-11;2*1-2/h3-7H,1-2H3;2*1-2H3. The van der Waals surface area contributed by atoms with Crippen molar-refractivity contribution in [2.24, 2.45) is 0 Å². The molecule has 2 heteroatoms.